The molecular weight excluding hydrogens is 288 g/mol. The quantitative estimate of drug-likeness (QED) is 0.805. The largest absolute Gasteiger partial charge is 0.493 e. The number of imidazole rings is 1. The van der Waals surface area contributed by atoms with Crippen molar-refractivity contribution in [3.8, 4) is 22.8 Å². The molecule has 0 aliphatic rings. The highest BCUT2D eigenvalue weighted by Gasteiger charge is 2.15. The van der Waals surface area contributed by atoms with Crippen LogP contribution in [0, 0.1) is 6.92 Å². The van der Waals surface area contributed by atoms with E-state index in [-0.39, 0.29) is 6.61 Å². The van der Waals surface area contributed by atoms with Crippen LogP contribution in [0.1, 0.15) is 10.6 Å². The number of aryl methyl sites for hydroxylation is 1. The number of aromatic nitrogens is 2. The van der Waals surface area contributed by atoms with E-state index in [1.165, 1.54) is 0 Å². The van der Waals surface area contributed by atoms with Crippen molar-refractivity contribution in [1.82, 2.24) is 9.38 Å². The maximum atomic E-state index is 9.23. The molecule has 2 aromatic heterocycles. The second kappa shape index (κ2) is 5.38. The predicted octanol–water partition coefficient (Wildman–Crippen LogP) is 2.88. The van der Waals surface area contributed by atoms with Crippen molar-refractivity contribution in [2.45, 2.75) is 13.5 Å². The molecule has 110 valence electrons. The monoisotopic (exact) mass is 304 g/mol. The molecule has 0 bridgehead atoms. The highest BCUT2D eigenvalue weighted by molar-refractivity contribution is 7.17. The van der Waals surface area contributed by atoms with Crippen molar-refractivity contribution >= 4 is 16.3 Å². The van der Waals surface area contributed by atoms with Crippen molar-refractivity contribution in [1.29, 1.82) is 0 Å². The zero-order valence-corrected chi connectivity index (χ0v) is 12.9. The first-order chi connectivity index (χ1) is 10.2. The number of benzene rings is 1. The van der Waals surface area contributed by atoms with Crippen LogP contribution in [0.5, 0.6) is 11.5 Å². The number of fused-ring (bicyclic) bond motifs is 1. The van der Waals surface area contributed by atoms with Gasteiger partial charge in [0.25, 0.3) is 0 Å². The van der Waals surface area contributed by atoms with Gasteiger partial charge in [-0.05, 0) is 25.1 Å². The molecule has 0 radical (unpaired) electrons. The van der Waals surface area contributed by atoms with E-state index in [9.17, 15) is 5.11 Å². The first kappa shape index (κ1) is 13.9. The topological polar surface area (TPSA) is 56.0 Å². The second-order valence-electron chi connectivity index (χ2n) is 4.62. The van der Waals surface area contributed by atoms with Crippen LogP contribution in [-0.2, 0) is 6.61 Å². The maximum absolute atomic E-state index is 9.23. The average molecular weight is 304 g/mol. The Hall–Kier alpha value is -2.05. The molecule has 2 heterocycles. The molecule has 5 nitrogen and oxygen atoms in total. The molecule has 0 saturated carbocycles. The molecule has 0 saturated heterocycles. The third kappa shape index (κ3) is 2.26. The average Bonchev–Trinajstić information content (AvgIpc) is 3.02. The van der Waals surface area contributed by atoms with Gasteiger partial charge >= 0.3 is 0 Å². The lowest BCUT2D eigenvalue weighted by Gasteiger charge is -2.10. The second-order valence-corrected chi connectivity index (χ2v) is 5.80. The van der Waals surface area contributed by atoms with Gasteiger partial charge in [0, 0.05) is 16.6 Å². The van der Waals surface area contributed by atoms with Crippen LogP contribution in [-0.4, -0.2) is 28.7 Å². The number of rotatable bonds is 4. The van der Waals surface area contributed by atoms with Crippen LogP contribution >= 0.6 is 11.3 Å². The van der Waals surface area contributed by atoms with Gasteiger partial charge in [-0.15, -0.1) is 11.3 Å². The molecule has 1 N–H and O–H groups in total. The van der Waals surface area contributed by atoms with E-state index in [4.69, 9.17) is 9.47 Å². The fourth-order valence-corrected chi connectivity index (χ4v) is 3.39. The minimum Gasteiger partial charge on any atom is -0.493 e. The zero-order chi connectivity index (χ0) is 15.0. The number of ether oxygens (including phenoxy) is 2. The zero-order valence-electron chi connectivity index (χ0n) is 12.1. The highest BCUT2D eigenvalue weighted by atomic mass is 32.1. The number of thiazole rings is 1. The third-order valence-electron chi connectivity index (χ3n) is 3.36. The standard InChI is InChI=1S/C15H16N2O3S/c1-9-14(17-7-11(8-18)16-15(17)21-9)10-4-5-12(19-2)13(6-10)20-3/h4-7,18H,8H2,1-3H3. The minimum absolute atomic E-state index is 0.0567. The summed E-state index contributed by atoms with van der Waals surface area (Å²) in [5.74, 6) is 1.39. The summed E-state index contributed by atoms with van der Waals surface area (Å²) in [5, 5.41) is 9.23. The van der Waals surface area contributed by atoms with Gasteiger partial charge in [0.05, 0.1) is 32.2 Å². The van der Waals surface area contributed by atoms with Gasteiger partial charge in [-0.3, -0.25) is 4.40 Å². The smallest absolute Gasteiger partial charge is 0.194 e. The first-order valence-electron chi connectivity index (χ1n) is 6.48. The summed E-state index contributed by atoms with van der Waals surface area (Å²) in [6.45, 7) is 2.00. The van der Waals surface area contributed by atoms with Crippen LogP contribution in [0.3, 0.4) is 0 Å². The molecule has 6 heteroatoms. The number of aliphatic hydroxyl groups is 1. The molecule has 0 fully saturated rings. The summed E-state index contributed by atoms with van der Waals surface area (Å²) < 4.78 is 12.6. The van der Waals surface area contributed by atoms with Gasteiger partial charge in [0.15, 0.2) is 16.5 Å². The number of methoxy groups -OCH3 is 2. The van der Waals surface area contributed by atoms with Gasteiger partial charge in [0.1, 0.15) is 0 Å². The molecular formula is C15H16N2O3S. The van der Waals surface area contributed by atoms with E-state index in [0.29, 0.717) is 17.2 Å². The Morgan fingerprint density at radius 1 is 1.24 bits per heavy atom. The van der Waals surface area contributed by atoms with Crippen molar-refractivity contribution in [3.63, 3.8) is 0 Å². The van der Waals surface area contributed by atoms with E-state index in [1.54, 1.807) is 25.6 Å². The maximum Gasteiger partial charge on any atom is 0.194 e. The Morgan fingerprint density at radius 2 is 2.00 bits per heavy atom. The van der Waals surface area contributed by atoms with Crippen LogP contribution in [0.25, 0.3) is 16.2 Å². The van der Waals surface area contributed by atoms with Crippen molar-refractivity contribution in [2.24, 2.45) is 0 Å². The van der Waals surface area contributed by atoms with E-state index in [0.717, 1.165) is 21.1 Å². The Bertz CT molecular complexity index is 792. The molecule has 3 aromatic rings. The first-order valence-corrected chi connectivity index (χ1v) is 7.30. The van der Waals surface area contributed by atoms with Gasteiger partial charge in [-0.1, -0.05) is 0 Å². The summed E-state index contributed by atoms with van der Waals surface area (Å²) in [4.78, 5) is 6.43. The number of aliphatic hydroxyl groups excluding tert-OH is 1. The van der Waals surface area contributed by atoms with Crippen molar-refractivity contribution in [3.05, 3.63) is 35.0 Å². The van der Waals surface area contributed by atoms with Crippen LogP contribution < -0.4 is 9.47 Å². The number of hydrogen-bond acceptors (Lipinski definition) is 5. The summed E-state index contributed by atoms with van der Waals surface area (Å²) in [6, 6.07) is 5.83. The highest BCUT2D eigenvalue weighted by Crippen LogP contribution is 2.36. The van der Waals surface area contributed by atoms with Gasteiger partial charge in [-0.25, -0.2) is 4.98 Å². The molecule has 0 aliphatic heterocycles. The lowest BCUT2D eigenvalue weighted by atomic mass is 10.1. The van der Waals surface area contributed by atoms with E-state index < -0.39 is 0 Å². The molecule has 0 amide bonds. The van der Waals surface area contributed by atoms with Crippen molar-refractivity contribution in [2.75, 3.05) is 14.2 Å². The lowest BCUT2D eigenvalue weighted by molar-refractivity contribution is 0.277. The molecule has 1 aromatic carbocycles. The van der Waals surface area contributed by atoms with Crippen molar-refractivity contribution < 1.29 is 14.6 Å². The molecule has 3 rings (SSSR count). The van der Waals surface area contributed by atoms with E-state index >= 15 is 0 Å². The van der Waals surface area contributed by atoms with Crippen LogP contribution in [0.15, 0.2) is 24.4 Å². The van der Waals surface area contributed by atoms with Crippen LogP contribution in [0.2, 0.25) is 0 Å². The fourth-order valence-electron chi connectivity index (χ4n) is 2.40. The third-order valence-corrected chi connectivity index (χ3v) is 4.33. The van der Waals surface area contributed by atoms with Crippen LogP contribution in [0.4, 0.5) is 0 Å². The molecule has 0 unspecified atom stereocenters. The SMILES string of the molecule is COc1ccc(-c2c(C)sc3nc(CO)cn23)cc1OC. The Labute approximate surface area is 126 Å². The normalized spacial score (nSPS) is 11.0. The predicted molar refractivity (Wildman–Crippen MR) is 82.3 cm³/mol. The molecule has 0 spiro atoms. The molecule has 0 aliphatic carbocycles. The summed E-state index contributed by atoms with van der Waals surface area (Å²) >= 11 is 1.60. The van der Waals surface area contributed by atoms with Gasteiger partial charge < -0.3 is 14.6 Å². The summed E-state index contributed by atoms with van der Waals surface area (Å²) in [6.07, 6.45) is 1.87. The fraction of sp³-hybridized carbons (Fsp3) is 0.267. The summed E-state index contributed by atoms with van der Waals surface area (Å²) in [5.41, 5.74) is 2.75. The molecule has 21 heavy (non-hydrogen) atoms. The van der Waals surface area contributed by atoms with E-state index in [1.807, 2.05) is 28.8 Å². The minimum atomic E-state index is -0.0567. The lowest BCUT2D eigenvalue weighted by Crippen LogP contribution is -1.92. The summed E-state index contributed by atoms with van der Waals surface area (Å²) in [7, 11) is 3.24. The van der Waals surface area contributed by atoms with E-state index in [2.05, 4.69) is 11.9 Å². The Kier molecular flexibility index (Phi) is 3.57. The Balaban J connectivity index is 2.19. The Morgan fingerprint density at radius 3 is 2.67 bits per heavy atom. The van der Waals surface area contributed by atoms with Gasteiger partial charge in [0.2, 0.25) is 0 Å². The number of hydrogen-bond donors (Lipinski definition) is 1. The van der Waals surface area contributed by atoms with Gasteiger partial charge in [-0.2, -0.15) is 0 Å². The number of nitrogens with zero attached hydrogens (tertiary/aromatic N) is 2. The molecule has 0 atom stereocenters.